The highest BCUT2D eigenvalue weighted by Crippen LogP contribution is 2.42. The third-order valence-corrected chi connectivity index (χ3v) is 5.08. The molecular weight excluding hydrogens is 356 g/mol. The van der Waals surface area contributed by atoms with E-state index in [1.807, 2.05) is 6.07 Å². The SMILES string of the molecule is CS(=O)(=O)c1ncn(Cc2ccccc2C(=O)c2cnoc2C2CC2)n1. The molecule has 9 heteroatoms. The number of hydrogen-bond donors (Lipinski definition) is 0. The quantitative estimate of drug-likeness (QED) is 0.607. The standard InChI is InChI=1S/C17H16N4O4S/c1-26(23,24)17-18-10-21(20-17)9-12-4-2-3-5-13(12)15(22)14-8-19-25-16(14)11-6-7-11/h2-5,8,10-11H,6-7,9H2,1H3. The highest BCUT2D eigenvalue weighted by molar-refractivity contribution is 7.90. The van der Waals surface area contributed by atoms with E-state index in [0.29, 0.717) is 22.5 Å². The number of aromatic nitrogens is 4. The highest BCUT2D eigenvalue weighted by Gasteiger charge is 2.33. The van der Waals surface area contributed by atoms with Gasteiger partial charge in [-0.15, -0.1) is 5.10 Å². The van der Waals surface area contributed by atoms with E-state index in [9.17, 15) is 13.2 Å². The van der Waals surface area contributed by atoms with Crippen molar-refractivity contribution in [3.63, 3.8) is 0 Å². The first-order chi connectivity index (χ1) is 12.4. The number of benzene rings is 1. The number of rotatable bonds is 6. The number of sulfone groups is 1. The molecule has 134 valence electrons. The molecular formula is C17H16N4O4S. The molecule has 0 N–H and O–H groups in total. The summed E-state index contributed by atoms with van der Waals surface area (Å²) in [4.78, 5) is 16.8. The topological polar surface area (TPSA) is 108 Å². The van der Waals surface area contributed by atoms with Gasteiger partial charge in [0.25, 0.3) is 5.16 Å². The van der Waals surface area contributed by atoms with Crippen LogP contribution >= 0.6 is 0 Å². The van der Waals surface area contributed by atoms with E-state index >= 15 is 0 Å². The average molecular weight is 372 g/mol. The largest absolute Gasteiger partial charge is 0.360 e. The average Bonchev–Trinajstić information content (AvgIpc) is 3.13. The fourth-order valence-electron chi connectivity index (χ4n) is 2.78. The van der Waals surface area contributed by atoms with Crippen LogP contribution in [-0.4, -0.2) is 40.4 Å². The van der Waals surface area contributed by atoms with Crippen molar-refractivity contribution in [3.8, 4) is 0 Å². The predicted molar refractivity (Wildman–Crippen MR) is 90.6 cm³/mol. The summed E-state index contributed by atoms with van der Waals surface area (Å²) in [6.07, 6.45) is 5.86. The minimum Gasteiger partial charge on any atom is -0.360 e. The number of carbonyl (C=O) groups excluding carboxylic acids is 1. The van der Waals surface area contributed by atoms with E-state index < -0.39 is 9.84 Å². The van der Waals surface area contributed by atoms with Crippen LogP contribution < -0.4 is 0 Å². The van der Waals surface area contributed by atoms with Crippen molar-refractivity contribution in [2.24, 2.45) is 0 Å². The van der Waals surface area contributed by atoms with Gasteiger partial charge >= 0.3 is 0 Å². The van der Waals surface area contributed by atoms with Gasteiger partial charge in [0.15, 0.2) is 11.5 Å². The predicted octanol–water partition coefficient (Wildman–Crippen LogP) is 1.83. The number of ketones is 1. The Kier molecular flexibility index (Phi) is 3.95. The lowest BCUT2D eigenvalue weighted by molar-refractivity contribution is 0.103. The summed E-state index contributed by atoms with van der Waals surface area (Å²) >= 11 is 0. The van der Waals surface area contributed by atoms with Crippen LogP contribution in [-0.2, 0) is 16.4 Å². The maximum atomic E-state index is 13.0. The molecule has 1 fully saturated rings. The summed E-state index contributed by atoms with van der Waals surface area (Å²) in [5.74, 6) is 0.758. The van der Waals surface area contributed by atoms with Crippen molar-refractivity contribution in [3.05, 3.63) is 59.2 Å². The van der Waals surface area contributed by atoms with Crippen molar-refractivity contribution >= 4 is 15.6 Å². The van der Waals surface area contributed by atoms with Crippen LogP contribution in [0.3, 0.4) is 0 Å². The van der Waals surface area contributed by atoms with E-state index in [-0.39, 0.29) is 23.4 Å². The third kappa shape index (κ3) is 3.17. The fourth-order valence-corrected chi connectivity index (χ4v) is 3.27. The summed E-state index contributed by atoms with van der Waals surface area (Å²) in [5.41, 5.74) is 1.70. The Morgan fingerprint density at radius 3 is 2.73 bits per heavy atom. The molecule has 1 aromatic carbocycles. The molecule has 1 aliphatic carbocycles. The lowest BCUT2D eigenvalue weighted by Crippen LogP contribution is -2.10. The second kappa shape index (κ2) is 6.17. The highest BCUT2D eigenvalue weighted by atomic mass is 32.2. The Morgan fingerprint density at radius 2 is 2.04 bits per heavy atom. The zero-order valence-electron chi connectivity index (χ0n) is 14.0. The fraction of sp³-hybridized carbons (Fsp3) is 0.294. The molecule has 0 bridgehead atoms. The van der Waals surface area contributed by atoms with E-state index in [1.54, 1.807) is 18.2 Å². The zero-order valence-corrected chi connectivity index (χ0v) is 14.8. The Labute approximate surface area is 149 Å². The van der Waals surface area contributed by atoms with Gasteiger partial charge in [0.1, 0.15) is 6.33 Å². The van der Waals surface area contributed by atoms with Crippen LogP contribution in [0.1, 0.15) is 46.0 Å². The van der Waals surface area contributed by atoms with Gasteiger partial charge in [-0.1, -0.05) is 29.4 Å². The molecule has 0 aliphatic heterocycles. The second-order valence-electron chi connectivity index (χ2n) is 6.36. The lowest BCUT2D eigenvalue weighted by atomic mass is 9.98. The van der Waals surface area contributed by atoms with Gasteiger partial charge in [-0.2, -0.15) is 0 Å². The molecule has 8 nitrogen and oxygen atoms in total. The van der Waals surface area contributed by atoms with Crippen LogP contribution in [0.5, 0.6) is 0 Å². The van der Waals surface area contributed by atoms with E-state index in [2.05, 4.69) is 15.2 Å². The van der Waals surface area contributed by atoms with E-state index in [0.717, 1.165) is 19.1 Å². The molecule has 0 atom stereocenters. The molecule has 0 radical (unpaired) electrons. The molecule has 1 aliphatic rings. The van der Waals surface area contributed by atoms with Crippen LogP contribution in [0.4, 0.5) is 0 Å². The van der Waals surface area contributed by atoms with Crippen LogP contribution in [0.2, 0.25) is 0 Å². The van der Waals surface area contributed by atoms with Crippen molar-refractivity contribution in [2.75, 3.05) is 6.26 Å². The Bertz CT molecular complexity index is 1080. The number of hydrogen-bond acceptors (Lipinski definition) is 7. The summed E-state index contributed by atoms with van der Waals surface area (Å²) < 4.78 is 29.7. The summed E-state index contributed by atoms with van der Waals surface area (Å²) in [5, 5.41) is 7.52. The van der Waals surface area contributed by atoms with Crippen molar-refractivity contribution in [1.82, 2.24) is 19.9 Å². The van der Waals surface area contributed by atoms with Crippen LogP contribution in [0.25, 0.3) is 0 Å². The van der Waals surface area contributed by atoms with E-state index in [4.69, 9.17) is 4.52 Å². The van der Waals surface area contributed by atoms with Crippen LogP contribution in [0, 0.1) is 0 Å². The molecule has 2 aromatic heterocycles. The Hall–Kier alpha value is -2.81. The molecule has 0 saturated heterocycles. The lowest BCUT2D eigenvalue weighted by Gasteiger charge is -2.08. The van der Waals surface area contributed by atoms with Gasteiger partial charge in [-0.05, 0) is 18.4 Å². The minimum atomic E-state index is -3.48. The first-order valence-corrected chi connectivity index (χ1v) is 9.99. The smallest absolute Gasteiger partial charge is 0.266 e. The first kappa shape index (κ1) is 16.6. The van der Waals surface area contributed by atoms with Crippen LogP contribution in [0.15, 0.2) is 46.5 Å². The molecule has 4 rings (SSSR count). The molecule has 26 heavy (non-hydrogen) atoms. The molecule has 1 saturated carbocycles. The van der Waals surface area contributed by atoms with Gasteiger partial charge in [-0.3, -0.25) is 4.79 Å². The zero-order chi connectivity index (χ0) is 18.3. The van der Waals surface area contributed by atoms with Gasteiger partial charge in [-0.25, -0.2) is 18.1 Å². The second-order valence-corrected chi connectivity index (χ2v) is 8.27. The normalized spacial score (nSPS) is 14.5. The van der Waals surface area contributed by atoms with Crippen molar-refractivity contribution < 1.29 is 17.7 Å². The monoisotopic (exact) mass is 372 g/mol. The summed E-state index contributed by atoms with van der Waals surface area (Å²) in [6, 6.07) is 7.13. The molecule has 3 aromatic rings. The van der Waals surface area contributed by atoms with E-state index in [1.165, 1.54) is 17.2 Å². The number of nitrogens with zero attached hydrogens (tertiary/aromatic N) is 4. The van der Waals surface area contributed by atoms with Crippen molar-refractivity contribution in [1.29, 1.82) is 0 Å². The van der Waals surface area contributed by atoms with Gasteiger partial charge in [0.2, 0.25) is 9.84 Å². The van der Waals surface area contributed by atoms with Gasteiger partial charge < -0.3 is 4.52 Å². The Balaban J connectivity index is 1.65. The molecule has 0 unspecified atom stereocenters. The van der Waals surface area contributed by atoms with Gasteiger partial charge in [0.05, 0.1) is 18.3 Å². The first-order valence-electron chi connectivity index (χ1n) is 8.10. The molecule has 2 heterocycles. The maximum absolute atomic E-state index is 13.0. The summed E-state index contributed by atoms with van der Waals surface area (Å²) in [6.45, 7) is 0.231. The number of carbonyl (C=O) groups is 1. The minimum absolute atomic E-state index is 0.160. The Morgan fingerprint density at radius 1 is 1.27 bits per heavy atom. The van der Waals surface area contributed by atoms with Gasteiger partial charge in [0, 0.05) is 17.7 Å². The third-order valence-electron chi connectivity index (χ3n) is 4.23. The molecule has 0 amide bonds. The molecule has 0 spiro atoms. The summed E-state index contributed by atoms with van der Waals surface area (Å²) in [7, 11) is -3.48. The van der Waals surface area contributed by atoms with Crippen molar-refractivity contribution in [2.45, 2.75) is 30.5 Å². The maximum Gasteiger partial charge on any atom is 0.266 e.